The van der Waals surface area contributed by atoms with Crippen molar-refractivity contribution in [2.24, 2.45) is 5.73 Å². The molecule has 1 aliphatic rings. The van der Waals surface area contributed by atoms with Crippen LogP contribution in [0.2, 0.25) is 0 Å². The second kappa shape index (κ2) is 10.2. The minimum absolute atomic E-state index is 0. The molecule has 2 atom stereocenters. The van der Waals surface area contributed by atoms with Crippen LogP contribution in [0.1, 0.15) is 36.0 Å². The van der Waals surface area contributed by atoms with Gasteiger partial charge in [-0.05, 0) is 60.0 Å². The molecule has 0 bridgehead atoms. The van der Waals surface area contributed by atoms with Gasteiger partial charge in [-0.1, -0.05) is 42.5 Å². The van der Waals surface area contributed by atoms with E-state index in [2.05, 4.69) is 5.32 Å². The number of carboxylic acid groups (broad SMARTS) is 1. The molecule has 0 aliphatic carbocycles. The maximum absolute atomic E-state index is 12.1. The topological polar surface area (TPSA) is 132 Å². The number of carbonyl (C=O) groups is 1. The van der Waals surface area contributed by atoms with Crippen molar-refractivity contribution in [3.8, 4) is 5.75 Å². The molecule has 0 spiro atoms. The van der Waals surface area contributed by atoms with E-state index in [1.54, 1.807) is 37.3 Å². The van der Waals surface area contributed by atoms with Crippen LogP contribution in [0.4, 0.5) is 0 Å². The number of fused-ring (bicyclic) bond motifs is 1. The number of hydrogen-bond donors (Lipinski definition) is 5. The molecule has 1 aliphatic heterocycles. The maximum Gasteiger partial charge on any atom is 0.311 e. The number of carboxylic acids is 1. The normalized spacial score (nSPS) is 18.1. The molecule has 7 nitrogen and oxygen atoms in total. The summed E-state index contributed by atoms with van der Waals surface area (Å²) in [5.41, 5.74) is 7.67. The van der Waals surface area contributed by atoms with Gasteiger partial charge in [0.1, 0.15) is 11.6 Å². The number of amidine groups is 1. The summed E-state index contributed by atoms with van der Waals surface area (Å²) in [6.45, 7) is 3.15. The van der Waals surface area contributed by atoms with Crippen LogP contribution in [-0.4, -0.2) is 41.3 Å². The second-order valence-electron chi connectivity index (χ2n) is 8.62. The minimum Gasteiger partial charge on any atom is -0.481 e. The Morgan fingerprint density at radius 3 is 2.41 bits per heavy atom. The van der Waals surface area contributed by atoms with Crippen molar-refractivity contribution < 1.29 is 14.6 Å². The Morgan fingerprint density at radius 2 is 1.82 bits per heavy atom. The smallest absolute Gasteiger partial charge is 0.311 e. The largest absolute Gasteiger partial charge is 0.481 e. The molecule has 8 heteroatoms. The van der Waals surface area contributed by atoms with Crippen molar-refractivity contribution in [2.45, 2.75) is 31.3 Å². The number of nitrogens with one attached hydrogen (secondary N) is 3. The van der Waals surface area contributed by atoms with E-state index < -0.39 is 17.5 Å². The predicted octanol–water partition coefficient (Wildman–Crippen LogP) is 4.11. The van der Waals surface area contributed by atoms with Crippen molar-refractivity contribution in [1.82, 2.24) is 5.32 Å². The molecule has 3 aromatic rings. The van der Waals surface area contributed by atoms with E-state index in [1.807, 2.05) is 30.3 Å². The van der Waals surface area contributed by atoms with Gasteiger partial charge in [-0.3, -0.25) is 10.2 Å². The first-order valence-corrected chi connectivity index (χ1v) is 10.9. The molecule has 1 heterocycles. The zero-order valence-corrected chi connectivity index (χ0v) is 19.7. The van der Waals surface area contributed by atoms with Crippen LogP contribution in [0.25, 0.3) is 10.8 Å². The molecule has 0 unspecified atom stereocenters. The highest BCUT2D eigenvalue weighted by molar-refractivity contribution is 5.99. The number of ether oxygens (including phenoxy) is 1. The molecular weight excluding hydrogens is 452 g/mol. The standard InChI is InChI=1S/C26H28N4O3.ClH/c1-16(27)26(10-11-30-15-26)33-22-8-6-19(7-9-22)23(25(31)32)13-17-2-3-18-4-5-20(24(28)29)14-21(18)12-17;/h2-9,12,14,23,27,30H,10-11,13,15H2,1H3,(H3,28,29)(H,31,32);1H/t23-,26-;/m0./s1. The summed E-state index contributed by atoms with van der Waals surface area (Å²) in [5, 5.41) is 30.9. The Hall–Kier alpha value is -3.42. The van der Waals surface area contributed by atoms with Crippen molar-refractivity contribution in [3.63, 3.8) is 0 Å². The van der Waals surface area contributed by atoms with E-state index >= 15 is 0 Å². The summed E-state index contributed by atoms with van der Waals surface area (Å²) in [6.07, 6.45) is 1.07. The third kappa shape index (κ3) is 5.21. The summed E-state index contributed by atoms with van der Waals surface area (Å²) in [7, 11) is 0. The van der Waals surface area contributed by atoms with E-state index in [0.717, 1.165) is 29.3 Å². The lowest BCUT2D eigenvalue weighted by Crippen LogP contribution is -2.44. The highest BCUT2D eigenvalue weighted by Gasteiger charge is 2.38. The second-order valence-corrected chi connectivity index (χ2v) is 8.62. The Balaban J connectivity index is 0.00000324. The Kier molecular flexibility index (Phi) is 7.59. The van der Waals surface area contributed by atoms with Gasteiger partial charge >= 0.3 is 5.97 Å². The summed E-state index contributed by atoms with van der Waals surface area (Å²) in [5.74, 6) is -0.978. The fraction of sp³-hybridized carbons (Fsp3) is 0.269. The average molecular weight is 481 g/mol. The molecule has 1 saturated heterocycles. The quantitative estimate of drug-likeness (QED) is 0.244. The summed E-state index contributed by atoms with van der Waals surface area (Å²) in [6, 6.07) is 18.6. The average Bonchev–Trinajstić information content (AvgIpc) is 3.27. The van der Waals surface area contributed by atoms with Gasteiger partial charge in [0.2, 0.25) is 0 Å². The van der Waals surface area contributed by atoms with Gasteiger partial charge in [0, 0.05) is 18.5 Å². The lowest BCUT2D eigenvalue weighted by Gasteiger charge is -2.29. The molecule has 6 N–H and O–H groups in total. The van der Waals surface area contributed by atoms with Crippen LogP contribution >= 0.6 is 12.4 Å². The van der Waals surface area contributed by atoms with E-state index in [9.17, 15) is 9.90 Å². The van der Waals surface area contributed by atoms with Gasteiger partial charge < -0.3 is 26.3 Å². The van der Waals surface area contributed by atoms with Crippen LogP contribution in [0.5, 0.6) is 5.75 Å². The number of halogens is 1. The van der Waals surface area contributed by atoms with E-state index in [1.165, 1.54) is 0 Å². The van der Waals surface area contributed by atoms with Crippen molar-refractivity contribution in [2.75, 3.05) is 13.1 Å². The van der Waals surface area contributed by atoms with Gasteiger partial charge in [-0.25, -0.2) is 0 Å². The third-order valence-corrected chi connectivity index (χ3v) is 6.35. The molecular formula is C26H29ClN4O3. The number of aliphatic carboxylic acids is 1. The lowest BCUT2D eigenvalue weighted by atomic mass is 9.91. The number of benzene rings is 3. The van der Waals surface area contributed by atoms with Gasteiger partial charge in [0.25, 0.3) is 0 Å². The van der Waals surface area contributed by atoms with Gasteiger partial charge in [-0.15, -0.1) is 12.4 Å². The first-order valence-electron chi connectivity index (χ1n) is 10.9. The molecule has 34 heavy (non-hydrogen) atoms. The van der Waals surface area contributed by atoms with Crippen LogP contribution in [0, 0.1) is 10.8 Å². The fourth-order valence-electron chi connectivity index (χ4n) is 4.32. The zero-order chi connectivity index (χ0) is 23.6. The molecule has 4 rings (SSSR count). The van der Waals surface area contributed by atoms with Gasteiger partial charge in [0.05, 0.1) is 11.6 Å². The Bertz CT molecular complexity index is 1220. The molecule has 0 aromatic heterocycles. The van der Waals surface area contributed by atoms with Gasteiger partial charge in [-0.2, -0.15) is 0 Å². The van der Waals surface area contributed by atoms with E-state index in [4.69, 9.17) is 21.3 Å². The lowest BCUT2D eigenvalue weighted by molar-refractivity contribution is -0.138. The van der Waals surface area contributed by atoms with E-state index in [-0.39, 0.29) is 18.2 Å². The highest BCUT2D eigenvalue weighted by atomic mass is 35.5. The van der Waals surface area contributed by atoms with Crippen molar-refractivity contribution in [1.29, 1.82) is 10.8 Å². The fourth-order valence-corrected chi connectivity index (χ4v) is 4.32. The Morgan fingerprint density at radius 1 is 1.12 bits per heavy atom. The zero-order valence-electron chi connectivity index (χ0n) is 18.9. The summed E-state index contributed by atoms with van der Waals surface area (Å²) in [4.78, 5) is 12.1. The molecule has 1 fully saturated rings. The van der Waals surface area contributed by atoms with Crippen LogP contribution in [0.3, 0.4) is 0 Å². The molecule has 0 saturated carbocycles. The van der Waals surface area contributed by atoms with Crippen molar-refractivity contribution >= 4 is 40.7 Å². The SMILES string of the molecule is CC(=N)[C@]1(Oc2ccc([C@H](Cc3ccc4ccc(C(=N)N)cc4c3)C(=O)O)cc2)CCNC1.Cl. The summed E-state index contributed by atoms with van der Waals surface area (Å²) >= 11 is 0. The minimum atomic E-state index is -0.895. The van der Waals surface area contributed by atoms with Crippen LogP contribution in [-0.2, 0) is 11.2 Å². The van der Waals surface area contributed by atoms with Crippen molar-refractivity contribution in [3.05, 3.63) is 77.4 Å². The first kappa shape index (κ1) is 25.2. The number of nitrogens with two attached hydrogens (primary N) is 1. The molecule has 3 aromatic carbocycles. The number of rotatable bonds is 8. The third-order valence-electron chi connectivity index (χ3n) is 6.35. The first-order chi connectivity index (χ1) is 15.8. The van der Waals surface area contributed by atoms with E-state index in [0.29, 0.717) is 35.6 Å². The predicted molar refractivity (Wildman–Crippen MR) is 137 cm³/mol. The Labute approximate surface area is 204 Å². The van der Waals surface area contributed by atoms with Crippen LogP contribution < -0.4 is 15.8 Å². The molecule has 178 valence electrons. The van der Waals surface area contributed by atoms with Crippen LogP contribution in [0.15, 0.2) is 60.7 Å². The number of hydrogen-bond acceptors (Lipinski definition) is 5. The highest BCUT2D eigenvalue weighted by Crippen LogP contribution is 2.29. The molecule has 0 amide bonds. The maximum atomic E-state index is 12.1. The summed E-state index contributed by atoms with van der Waals surface area (Å²) < 4.78 is 6.15. The molecule has 0 radical (unpaired) electrons. The van der Waals surface area contributed by atoms with Gasteiger partial charge in [0.15, 0.2) is 5.60 Å². The number of nitrogen functional groups attached to an aromatic ring is 1. The monoisotopic (exact) mass is 480 g/mol.